The van der Waals surface area contributed by atoms with Crippen molar-refractivity contribution < 1.29 is 0 Å². The summed E-state index contributed by atoms with van der Waals surface area (Å²) in [6.45, 7) is 2.18. The second-order valence-electron chi connectivity index (χ2n) is 3.73. The van der Waals surface area contributed by atoms with Gasteiger partial charge in [-0.05, 0) is 15.9 Å². The third-order valence-corrected chi connectivity index (χ3v) is 3.43. The van der Waals surface area contributed by atoms with Gasteiger partial charge in [-0.3, -0.25) is 4.79 Å². The first-order valence-electron chi connectivity index (χ1n) is 5.10. The minimum absolute atomic E-state index is 0.179. The van der Waals surface area contributed by atoms with Crippen LogP contribution in [0.25, 0.3) is 0 Å². The predicted molar refractivity (Wildman–Crippen MR) is 63.6 cm³/mol. The Morgan fingerprint density at radius 3 is 3.18 bits per heavy atom. The molecule has 7 nitrogen and oxygen atoms in total. The molecule has 1 N–H and O–H groups in total. The molecule has 8 heteroatoms. The summed E-state index contributed by atoms with van der Waals surface area (Å²) in [6, 6.07) is 0. The van der Waals surface area contributed by atoms with Crippen molar-refractivity contribution in [3.8, 4) is 0 Å². The summed E-state index contributed by atoms with van der Waals surface area (Å²) in [5, 5.41) is 7.89. The molecule has 2 aromatic heterocycles. The molecule has 0 bridgehead atoms. The first kappa shape index (κ1) is 10.5. The zero-order valence-electron chi connectivity index (χ0n) is 8.80. The molecule has 0 aromatic carbocycles. The van der Waals surface area contributed by atoms with Gasteiger partial charge in [0.05, 0.1) is 12.9 Å². The Balaban J connectivity index is 1.97. The van der Waals surface area contributed by atoms with E-state index in [4.69, 9.17) is 0 Å². The Morgan fingerprint density at radius 1 is 1.41 bits per heavy atom. The summed E-state index contributed by atoms with van der Waals surface area (Å²) < 4.78 is 2.45. The van der Waals surface area contributed by atoms with E-state index in [1.54, 1.807) is 6.33 Å². The minimum Gasteiger partial charge on any atom is -0.346 e. The lowest BCUT2D eigenvalue weighted by Crippen LogP contribution is -2.35. The molecule has 2 aromatic rings. The van der Waals surface area contributed by atoms with Crippen LogP contribution in [0.4, 0.5) is 5.82 Å². The molecule has 17 heavy (non-hydrogen) atoms. The van der Waals surface area contributed by atoms with Crippen LogP contribution in [0.2, 0.25) is 0 Å². The van der Waals surface area contributed by atoms with Crippen LogP contribution in [0.5, 0.6) is 0 Å². The van der Waals surface area contributed by atoms with Crippen LogP contribution >= 0.6 is 15.9 Å². The monoisotopic (exact) mass is 296 g/mol. The smallest absolute Gasteiger partial charge is 0.267 e. The first-order valence-corrected chi connectivity index (χ1v) is 5.90. The normalized spacial score (nSPS) is 14.8. The van der Waals surface area contributed by atoms with Crippen LogP contribution < -0.4 is 10.5 Å². The molecular formula is C9H9BrN6O. The highest BCUT2D eigenvalue weighted by Gasteiger charge is 2.21. The molecule has 1 aliphatic rings. The number of aromatic nitrogens is 5. The van der Waals surface area contributed by atoms with E-state index in [1.807, 2.05) is 9.47 Å². The van der Waals surface area contributed by atoms with E-state index in [0.717, 1.165) is 18.9 Å². The third kappa shape index (κ3) is 1.74. The van der Waals surface area contributed by atoms with Crippen LogP contribution in [0.3, 0.4) is 0 Å². The van der Waals surface area contributed by atoms with E-state index in [1.165, 1.54) is 6.33 Å². The maximum atomic E-state index is 11.5. The molecule has 0 saturated heterocycles. The fraction of sp³-hybridized carbons (Fsp3) is 0.333. The van der Waals surface area contributed by atoms with Gasteiger partial charge in [-0.15, -0.1) is 10.2 Å². The quantitative estimate of drug-likeness (QED) is 0.810. The minimum atomic E-state index is -0.179. The predicted octanol–water partition coefficient (Wildman–Crippen LogP) is 0.144. The molecule has 0 radical (unpaired) electrons. The molecule has 0 unspecified atom stereocenters. The summed E-state index contributed by atoms with van der Waals surface area (Å²) in [5.41, 5.74) is -0.179. The second-order valence-corrected chi connectivity index (χ2v) is 4.52. The number of hydrogen-bond donors (Lipinski definition) is 1. The molecule has 0 aliphatic carbocycles. The Labute approximate surface area is 105 Å². The summed E-state index contributed by atoms with van der Waals surface area (Å²) >= 11 is 3.26. The van der Waals surface area contributed by atoms with Crippen molar-refractivity contribution in [3.05, 3.63) is 33.3 Å². The van der Waals surface area contributed by atoms with Crippen molar-refractivity contribution in [1.82, 2.24) is 24.7 Å². The summed E-state index contributed by atoms with van der Waals surface area (Å²) in [4.78, 5) is 20.2. The van der Waals surface area contributed by atoms with Gasteiger partial charge in [0.15, 0.2) is 11.6 Å². The lowest BCUT2D eigenvalue weighted by atomic mass is 10.3. The molecule has 0 fully saturated rings. The molecule has 3 heterocycles. The van der Waals surface area contributed by atoms with Crippen molar-refractivity contribution in [2.24, 2.45) is 0 Å². The van der Waals surface area contributed by atoms with E-state index in [2.05, 4.69) is 36.1 Å². The second kappa shape index (κ2) is 3.95. The van der Waals surface area contributed by atoms with Crippen LogP contribution in [0.1, 0.15) is 5.82 Å². The number of H-pyrrole nitrogens is 1. The van der Waals surface area contributed by atoms with E-state index in [9.17, 15) is 4.79 Å². The van der Waals surface area contributed by atoms with Crippen LogP contribution in [0, 0.1) is 0 Å². The average molecular weight is 297 g/mol. The number of aromatic amines is 1. The molecule has 0 saturated carbocycles. The number of nitrogens with one attached hydrogen (secondary N) is 1. The van der Waals surface area contributed by atoms with Crippen LogP contribution in [-0.2, 0) is 13.1 Å². The van der Waals surface area contributed by atoms with Gasteiger partial charge in [-0.2, -0.15) is 0 Å². The summed E-state index contributed by atoms with van der Waals surface area (Å²) in [7, 11) is 0. The van der Waals surface area contributed by atoms with Gasteiger partial charge in [0, 0.05) is 13.1 Å². The van der Waals surface area contributed by atoms with E-state index in [-0.39, 0.29) is 5.56 Å². The zero-order chi connectivity index (χ0) is 11.8. The molecule has 1 aliphatic heterocycles. The Hall–Kier alpha value is -1.70. The van der Waals surface area contributed by atoms with Crippen molar-refractivity contribution in [3.63, 3.8) is 0 Å². The number of nitrogens with zero attached hydrogens (tertiary/aromatic N) is 5. The van der Waals surface area contributed by atoms with Gasteiger partial charge >= 0.3 is 0 Å². The SMILES string of the molecule is O=c1[nH]cnc(N2CCn3cnnc3C2)c1Br. The Bertz CT molecular complexity index is 606. The van der Waals surface area contributed by atoms with Gasteiger partial charge in [0.25, 0.3) is 5.56 Å². The molecule has 88 valence electrons. The molecular weight excluding hydrogens is 288 g/mol. The van der Waals surface area contributed by atoms with Crippen molar-refractivity contribution in [2.45, 2.75) is 13.1 Å². The molecule has 0 amide bonds. The highest BCUT2D eigenvalue weighted by Crippen LogP contribution is 2.22. The maximum Gasteiger partial charge on any atom is 0.267 e. The molecule has 0 atom stereocenters. The standard InChI is InChI=1S/C9H9BrN6O/c10-7-8(11-4-12-9(7)17)15-1-2-16-5-13-14-6(16)3-15/h4-5H,1-3H2,(H,11,12,17). The van der Waals surface area contributed by atoms with Gasteiger partial charge in [-0.1, -0.05) is 0 Å². The van der Waals surface area contributed by atoms with Crippen molar-refractivity contribution in [1.29, 1.82) is 0 Å². The lowest BCUT2D eigenvalue weighted by Gasteiger charge is -2.28. The van der Waals surface area contributed by atoms with E-state index in [0.29, 0.717) is 16.8 Å². The largest absolute Gasteiger partial charge is 0.346 e. The van der Waals surface area contributed by atoms with Crippen LogP contribution in [-0.4, -0.2) is 31.3 Å². The van der Waals surface area contributed by atoms with Crippen molar-refractivity contribution >= 4 is 21.7 Å². The third-order valence-electron chi connectivity index (χ3n) is 2.72. The van der Waals surface area contributed by atoms with Gasteiger partial charge in [0.2, 0.25) is 0 Å². The first-order chi connectivity index (χ1) is 8.25. The Morgan fingerprint density at radius 2 is 2.29 bits per heavy atom. The highest BCUT2D eigenvalue weighted by atomic mass is 79.9. The van der Waals surface area contributed by atoms with E-state index < -0.39 is 0 Å². The average Bonchev–Trinajstić information content (AvgIpc) is 2.79. The van der Waals surface area contributed by atoms with Gasteiger partial charge in [-0.25, -0.2) is 4.98 Å². The highest BCUT2D eigenvalue weighted by molar-refractivity contribution is 9.10. The van der Waals surface area contributed by atoms with E-state index >= 15 is 0 Å². The van der Waals surface area contributed by atoms with Gasteiger partial charge in [0.1, 0.15) is 10.8 Å². The van der Waals surface area contributed by atoms with Crippen molar-refractivity contribution in [2.75, 3.05) is 11.4 Å². The number of rotatable bonds is 1. The Kier molecular flexibility index (Phi) is 2.43. The summed E-state index contributed by atoms with van der Waals surface area (Å²) in [6.07, 6.45) is 3.12. The van der Waals surface area contributed by atoms with Crippen LogP contribution in [0.15, 0.2) is 21.9 Å². The van der Waals surface area contributed by atoms with Gasteiger partial charge < -0.3 is 14.5 Å². The maximum absolute atomic E-state index is 11.5. The number of fused-ring (bicyclic) bond motifs is 1. The number of hydrogen-bond acceptors (Lipinski definition) is 5. The fourth-order valence-corrected chi connectivity index (χ4v) is 2.31. The fourth-order valence-electron chi connectivity index (χ4n) is 1.84. The topological polar surface area (TPSA) is 79.7 Å². The molecule has 3 rings (SSSR count). The summed E-state index contributed by atoms with van der Waals surface area (Å²) in [5.74, 6) is 1.52. The lowest BCUT2D eigenvalue weighted by molar-refractivity contribution is 0.555. The zero-order valence-corrected chi connectivity index (χ0v) is 10.4. The molecule has 0 spiro atoms. The number of anilines is 1. The number of halogens is 1.